The normalized spacial score (nSPS) is 12.1. The van der Waals surface area contributed by atoms with E-state index in [2.05, 4.69) is 67.9 Å². The Balaban J connectivity index is 1.93. The third kappa shape index (κ3) is 6.50. The number of anilines is 2. The Hall–Kier alpha value is -2.66. The molecule has 0 bridgehead atoms. The van der Waals surface area contributed by atoms with E-state index >= 15 is 0 Å². The van der Waals surface area contributed by atoms with Crippen molar-refractivity contribution in [3.63, 3.8) is 0 Å². The first-order valence-electron chi connectivity index (χ1n) is 9.77. The summed E-state index contributed by atoms with van der Waals surface area (Å²) in [5, 5.41) is 8.95. The highest BCUT2D eigenvalue weighted by Gasteiger charge is 2.17. The van der Waals surface area contributed by atoms with E-state index in [0.717, 1.165) is 0 Å². The SMILES string of the molecule is CC(=O)Nc1ccc(NC(=O)CN[C@H](c2ccc(C(C)C)cc2)C(C)C)cc1. The van der Waals surface area contributed by atoms with Gasteiger partial charge in [0, 0.05) is 24.3 Å². The first-order valence-corrected chi connectivity index (χ1v) is 9.77. The van der Waals surface area contributed by atoms with Crippen molar-refractivity contribution in [2.24, 2.45) is 5.92 Å². The van der Waals surface area contributed by atoms with E-state index in [1.165, 1.54) is 18.1 Å². The Morgan fingerprint density at radius 3 is 1.75 bits per heavy atom. The van der Waals surface area contributed by atoms with Gasteiger partial charge in [-0.1, -0.05) is 52.0 Å². The van der Waals surface area contributed by atoms with Gasteiger partial charge in [0.25, 0.3) is 0 Å². The number of carbonyl (C=O) groups excluding carboxylic acids is 2. The van der Waals surface area contributed by atoms with Crippen LogP contribution in [0.25, 0.3) is 0 Å². The maximum absolute atomic E-state index is 12.3. The molecule has 5 heteroatoms. The minimum absolute atomic E-state index is 0.100. The fourth-order valence-corrected chi connectivity index (χ4v) is 3.07. The van der Waals surface area contributed by atoms with Crippen molar-refractivity contribution >= 4 is 23.2 Å². The van der Waals surface area contributed by atoms with Crippen molar-refractivity contribution in [1.82, 2.24) is 5.32 Å². The molecule has 0 spiro atoms. The summed E-state index contributed by atoms with van der Waals surface area (Å²) in [6.45, 7) is 10.3. The van der Waals surface area contributed by atoms with E-state index in [-0.39, 0.29) is 24.4 Å². The number of rotatable bonds is 8. The molecular formula is C23H31N3O2. The molecule has 0 saturated heterocycles. The van der Waals surface area contributed by atoms with Crippen LogP contribution in [0.5, 0.6) is 0 Å². The van der Waals surface area contributed by atoms with Gasteiger partial charge < -0.3 is 16.0 Å². The first-order chi connectivity index (χ1) is 13.3. The molecule has 0 unspecified atom stereocenters. The summed E-state index contributed by atoms with van der Waals surface area (Å²) < 4.78 is 0. The Labute approximate surface area is 167 Å². The quantitative estimate of drug-likeness (QED) is 0.621. The number of amides is 2. The van der Waals surface area contributed by atoms with Gasteiger partial charge in [0.2, 0.25) is 11.8 Å². The van der Waals surface area contributed by atoms with Gasteiger partial charge in [0.05, 0.1) is 6.54 Å². The molecule has 2 aromatic rings. The molecule has 28 heavy (non-hydrogen) atoms. The molecule has 0 aliphatic rings. The lowest BCUT2D eigenvalue weighted by molar-refractivity contribution is -0.116. The molecule has 0 heterocycles. The van der Waals surface area contributed by atoms with E-state index in [1.807, 2.05) is 0 Å². The van der Waals surface area contributed by atoms with E-state index < -0.39 is 0 Å². The van der Waals surface area contributed by atoms with Crippen molar-refractivity contribution in [3.05, 3.63) is 59.7 Å². The fourth-order valence-electron chi connectivity index (χ4n) is 3.07. The van der Waals surface area contributed by atoms with Gasteiger partial charge >= 0.3 is 0 Å². The number of carbonyl (C=O) groups is 2. The van der Waals surface area contributed by atoms with Gasteiger partial charge in [-0.15, -0.1) is 0 Å². The molecule has 150 valence electrons. The maximum Gasteiger partial charge on any atom is 0.238 e. The summed E-state index contributed by atoms with van der Waals surface area (Å²) in [7, 11) is 0. The van der Waals surface area contributed by atoms with Crippen molar-refractivity contribution < 1.29 is 9.59 Å². The van der Waals surface area contributed by atoms with Crippen molar-refractivity contribution in [2.45, 2.75) is 46.6 Å². The summed E-state index contributed by atoms with van der Waals surface area (Å²) in [4.78, 5) is 23.4. The molecule has 2 rings (SSSR count). The smallest absolute Gasteiger partial charge is 0.238 e. The van der Waals surface area contributed by atoms with Gasteiger partial charge in [-0.25, -0.2) is 0 Å². The number of nitrogens with one attached hydrogen (secondary N) is 3. The summed E-state index contributed by atoms with van der Waals surface area (Å²) >= 11 is 0. The average Bonchev–Trinajstić information content (AvgIpc) is 2.63. The van der Waals surface area contributed by atoms with Crippen molar-refractivity contribution in [2.75, 3.05) is 17.2 Å². The molecule has 0 saturated carbocycles. The van der Waals surface area contributed by atoms with Crippen LogP contribution in [0.2, 0.25) is 0 Å². The number of benzene rings is 2. The van der Waals surface area contributed by atoms with Gasteiger partial charge in [-0.3, -0.25) is 9.59 Å². The second-order valence-corrected chi connectivity index (χ2v) is 7.73. The Morgan fingerprint density at radius 2 is 1.29 bits per heavy atom. The molecular weight excluding hydrogens is 350 g/mol. The molecule has 1 atom stereocenters. The molecule has 0 aliphatic heterocycles. The van der Waals surface area contributed by atoms with Gasteiger partial charge in [0.1, 0.15) is 0 Å². The van der Waals surface area contributed by atoms with Gasteiger partial charge in [-0.2, -0.15) is 0 Å². The lowest BCUT2D eigenvalue weighted by Gasteiger charge is -2.23. The van der Waals surface area contributed by atoms with Crippen LogP contribution in [-0.4, -0.2) is 18.4 Å². The summed E-state index contributed by atoms with van der Waals surface area (Å²) in [6, 6.07) is 15.8. The zero-order valence-corrected chi connectivity index (χ0v) is 17.4. The molecule has 0 aliphatic carbocycles. The van der Waals surface area contributed by atoms with E-state index in [9.17, 15) is 9.59 Å². The predicted molar refractivity (Wildman–Crippen MR) is 115 cm³/mol. The monoisotopic (exact) mass is 381 g/mol. The van der Waals surface area contributed by atoms with Crippen LogP contribution in [0.3, 0.4) is 0 Å². The van der Waals surface area contributed by atoms with Crippen LogP contribution in [0.15, 0.2) is 48.5 Å². The summed E-state index contributed by atoms with van der Waals surface area (Å²) in [5.41, 5.74) is 3.90. The minimum Gasteiger partial charge on any atom is -0.326 e. The van der Waals surface area contributed by atoms with Gasteiger partial charge in [0.15, 0.2) is 0 Å². The number of hydrogen-bond acceptors (Lipinski definition) is 3. The molecule has 2 amide bonds. The fraction of sp³-hybridized carbons (Fsp3) is 0.391. The first kappa shape index (κ1) is 21.6. The van der Waals surface area contributed by atoms with Crippen LogP contribution in [-0.2, 0) is 9.59 Å². The molecule has 0 fully saturated rings. The highest BCUT2D eigenvalue weighted by molar-refractivity contribution is 5.93. The zero-order chi connectivity index (χ0) is 20.7. The second kappa shape index (κ2) is 10.0. The van der Waals surface area contributed by atoms with E-state index in [1.54, 1.807) is 24.3 Å². The Bertz CT molecular complexity index is 780. The van der Waals surface area contributed by atoms with Crippen molar-refractivity contribution in [1.29, 1.82) is 0 Å². The standard InChI is InChI=1S/C23H31N3O2/c1-15(2)18-6-8-19(9-7-18)23(16(3)4)24-14-22(28)26-21-12-10-20(11-13-21)25-17(5)27/h6-13,15-16,23-24H,14H2,1-5H3,(H,25,27)(H,26,28)/t23-/m0/s1. The highest BCUT2D eigenvalue weighted by atomic mass is 16.2. The molecule has 3 N–H and O–H groups in total. The second-order valence-electron chi connectivity index (χ2n) is 7.73. The third-order valence-corrected chi connectivity index (χ3v) is 4.60. The Morgan fingerprint density at radius 1 is 0.786 bits per heavy atom. The van der Waals surface area contributed by atoms with Crippen LogP contribution < -0.4 is 16.0 Å². The lowest BCUT2D eigenvalue weighted by atomic mass is 9.93. The van der Waals surface area contributed by atoms with E-state index in [0.29, 0.717) is 23.2 Å². The average molecular weight is 382 g/mol. The molecule has 0 aromatic heterocycles. The largest absolute Gasteiger partial charge is 0.326 e. The third-order valence-electron chi connectivity index (χ3n) is 4.60. The molecule has 0 radical (unpaired) electrons. The molecule has 5 nitrogen and oxygen atoms in total. The van der Waals surface area contributed by atoms with Crippen LogP contribution in [0.1, 0.15) is 57.7 Å². The van der Waals surface area contributed by atoms with Crippen LogP contribution in [0, 0.1) is 5.92 Å². The van der Waals surface area contributed by atoms with Crippen LogP contribution >= 0.6 is 0 Å². The zero-order valence-electron chi connectivity index (χ0n) is 17.4. The maximum atomic E-state index is 12.3. The van der Waals surface area contributed by atoms with Crippen molar-refractivity contribution in [3.8, 4) is 0 Å². The molecule has 2 aromatic carbocycles. The minimum atomic E-state index is -0.123. The predicted octanol–water partition coefficient (Wildman–Crippen LogP) is 4.69. The highest BCUT2D eigenvalue weighted by Crippen LogP contribution is 2.24. The summed E-state index contributed by atoms with van der Waals surface area (Å²) in [6.07, 6.45) is 0. The topological polar surface area (TPSA) is 70.2 Å². The van der Waals surface area contributed by atoms with Gasteiger partial charge in [-0.05, 0) is 47.2 Å². The Kier molecular flexibility index (Phi) is 7.76. The van der Waals surface area contributed by atoms with Crippen LogP contribution in [0.4, 0.5) is 11.4 Å². The van der Waals surface area contributed by atoms with E-state index in [4.69, 9.17) is 0 Å². The summed E-state index contributed by atoms with van der Waals surface area (Å²) in [5.74, 6) is 0.635. The number of hydrogen-bond donors (Lipinski definition) is 3. The lowest BCUT2D eigenvalue weighted by Crippen LogP contribution is -2.33.